The molecule has 0 radical (unpaired) electrons. The number of hydrogen-bond acceptors (Lipinski definition) is 5. The molecule has 1 atom stereocenters. The molecule has 0 aromatic heterocycles. The molecule has 1 aliphatic rings. The first-order valence-corrected chi connectivity index (χ1v) is 9.10. The molecule has 0 spiro atoms. The molecule has 128 valence electrons. The highest BCUT2D eigenvalue weighted by atomic mass is 32.2. The van der Waals surface area contributed by atoms with E-state index in [1.165, 1.54) is 4.90 Å². The van der Waals surface area contributed by atoms with Crippen LogP contribution in [0, 0.1) is 0 Å². The van der Waals surface area contributed by atoms with Crippen LogP contribution in [0.25, 0.3) is 0 Å². The lowest BCUT2D eigenvalue weighted by molar-refractivity contribution is 0.203. The number of para-hydroxylation sites is 1. The number of hydrogen-bond donors (Lipinski definition) is 1. The van der Waals surface area contributed by atoms with Crippen molar-refractivity contribution < 1.29 is 22.7 Å². The lowest BCUT2D eigenvalue weighted by atomic mass is 10.1. The molecule has 1 N–H and O–H groups in total. The number of sulfone groups is 1. The second kappa shape index (κ2) is 7.08. The molecule has 0 aliphatic carbocycles. The number of nitrogens with one attached hydrogen (secondary N) is 1. The van der Waals surface area contributed by atoms with Crippen LogP contribution in [-0.4, -0.2) is 58.2 Å². The quantitative estimate of drug-likeness (QED) is 0.864. The first-order chi connectivity index (χ1) is 10.9. The Hall–Kier alpha value is -1.96. The lowest BCUT2D eigenvalue weighted by Crippen LogP contribution is -2.43. The Morgan fingerprint density at radius 2 is 2.09 bits per heavy atom. The van der Waals surface area contributed by atoms with Crippen molar-refractivity contribution in [1.82, 2.24) is 10.2 Å². The van der Waals surface area contributed by atoms with E-state index < -0.39 is 9.84 Å². The summed E-state index contributed by atoms with van der Waals surface area (Å²) in [5.74, 6) is 1.32. The summed E-state index contributed by atoms with van der Waals surface area (Å²) in [5.41, 5.74) is 0.809. The van der Waals surface area contributed by atoms with E-state index in [9.17, 15) is 13.2 Å². The van der Waals surface area contributed by atoms with Gasteiger partial charge in [0.05, 0.1) is 32.3 Å². The molecule has 1 aromatic rings. The van der Waals surface area contributed by atoms with E-state index in [0.717, 1.165) is 5.56 Å². The molecule has 1 aliphatic heterocycles. The second-order valence-electron chi connectivity index (χ2n) is 5.56. The maximum absolute atomic E-state index is 12.2. The van der Waals surface area contributed by atoms with E-state index in [2.05, 4.69) is 5.32 Å². The van der Waals surface area contributed by atoms with E-state index in [-0.39, 0.29) is 23.6 Å². The van der Waals surface area contributed by atoms with Gasteiger partial charge in [-0.2, -0.15) is 0 Å². The average molecular weight is 342 g/mol. The number of rotatable bonds is 5. The first-order valence-electron chi connectivity index (χ1n) is 7.28. The van der Waals surface area contributed by atoms with Crippen LogP contribution >= 0.6 is 0 Å². The van der Waals surface area contributed by atoms with Crippen LogP contribution < -0.4 is 14.8 Å². The minimum Gasteiger partial charge on any atom is -0.493 e. The molecule has 2 rings (SSSR count). The molecule has 23 heavy (non-hydrogen) atoms. The Balaban J connectivity index is 2.01. The lowest BCUT2D eigenvalue weighted by Gasteiger charge is -2.22. The van der Waals surface area contributed by atoms with E-state index in [1.54, 1.807) is 27.3 Å². The number of carbonyl (C=O) groups is 1. The van der Waals surface area contributed by atoms with Gasteiger partial charge in [-0.25, -0.2) is 13.2 Å². The molecule has 1 unspecified atom stereocenters. The van der Waals surface area contributed by atoms with Crippen molar-refractivity contribution in [3.8, 4) is 11.5 Å². The van der Waals surface area contributed by atoms with Crippen molar-refractivity contribution >= 4 is 15.9 Å². The summed E-state index contributed by atoms with van der Waals surface area (Å²) in [7, 11) is 1.74. The van der Waals surface area contributed by atoms with E-state index >= 15 is 0 Å². The van der Waals surface area contributed by atoms with Gasteiger partial charge in [0.25, 0.3) is 0 Å². The molecule has 7 nitrogen and oxygen atoms in total. The van der Waals surface area contributed by atoms with E-state index in [0.29, 0.717) is 24.5 Å². The summed E-state index contributed by atoms with van der Waals surface area (Å²) in [6, 6.07) is 4.84. The van der Waals surface area contributed by atoms with Crippen molar-refractivity contribution in [3.05, 3.63) is 23.8 Å². The van der Waals surface area contributed by atoms with E-state index in [4.69, 9.17) is 9.47 Å². The Kier molecular flexibility index (Phi) is 5.35. The molecule has 8 heteroatoms. The molecule has 2 amide bonds. The Morgan fingerprint density at radius 3 is 2.65 bits per heavy atom. The minimum atomic E-state index is -3.02. The number of urea groups is 1. The van der Waals surface area contributed by atoms with Crippen LogP contribution in [0.4, 0.5) is 4.79 Å². The maximum atomic E-state index is 12.2. The number of nitrogens with zero attached hydrogens (tertiary/aromatic N) is 1. The maximum Gasteiger partial charge on any atom is 0.317 e. The highest BCUT2D eigenvalue weighted by molar-refractivity contribution is 7.91. The summed E-state index contributed by atoms with van der Waals surface area (Å²) >= 11 is 0. The third kappa shape index (κ3) is 4.28. The van der Waals surface area contributed by atoms with Gasteiger partial charge in [-0.05, 0) is 12.5 Å². The number of benzene rings is 1. The number of carbonyl (C=O) groups excluding carboxylic acids is 1. The van der Waals surface area contributed by atoms with Gasteiger partial charge in [-0.15, -0.1) is 0 Å². The molecule has 1 saturated heterocycles. The van der Waals surface area contributed by atoms with Crippen molar-refractivity contribution in [3.63, 3.8) is 0 Å². The number of amides is 2. The van der Waals surface area contributed by atoms with Crippen molar-refractivity contribution in [2.24, 2.45) is 0 Å². The normalized spacial score (nSPS) is 19.2. The van der Waals surface area contributed by atoms with E-state index in [1.807, 2.05) is 12.1 Å². The Morgan fingerprint density at radius 1 is 1.35 bits per heavy atom. The highest BCUT2D eigenvalue weighted by Gasteiger charge is 2.29. The van der Waals surface area contributed by atoms with Gasteiger partial charge in [-0.3, -0.25) is 0 Å². The zero-order chi connectivity index (χ0) is 17.0. The predicted octanol–water partition coefficient (Wildman–Crippen LogP) is 1.03. The zero-order valence-electron chi connectivity index (χ0n) is 13.5. The summed E-state index contributed by atoms with van der Waals surface area (Å²) in [5, 5.41) is 2.76. The van der Waals surface area contributed by atoms with Gasteiger partial charge in [0, 0.05) is 18.7 Å². The highest BCUT2D eigenvalue weighted by Crippen LogP contribution is 2.31. The van der Waals surface area contributed by atoms with Crippen LogP contribution in [0.2, 0.25) is 0 Å². The molecule has 0 saturated carbocycles. The molecule has 0 bridgehead atoms. The van der Waals surface area contributed by atoms with Crippen molar-refractivity contribution in [1.29, 1.82) is 0 Å². The Labute approximate surface area is 136 Å². The van der Waals surface area contributed by atoms with Crippen LogP contribution in [0.15, 0.2) is 18.2 Å². The van der Waals surface area contributed by atoms with Crippen LogP contribution in [-0.2, 0) is 16.4 Å². The van der Waals surface area contributed by atoms with Crippen LogP contribution in [0.3, 0.4) is 0 Å². The first kappa shape index (κ1) is 17.4. The van der Waals surface area contributed by atoms with Crippen molar-refractivity contribution in [2.75, 3.05) is 32.8 Å². The molecule has 1 aromatic carbocycles. The summed E-state index contributed by atoms with van der Waals surface area (Å²) in [6.45, 7) is 0.325. The van der Waals surface area contributed by atoms with Gasteiger partial charge in [-0.1, -0.05) is 12.1 Å². The Bertz CT molecular complexity index is 674. The van der Waals surface area contributed by atoms with Crippen LogP contribution in [0.1, 0.15) is 12.0 Å². The largest absolute Gasteiger partial charge is 0.493 e. The van der Waals surface area contributed by atoms with Gasteiger partial charge < -0.3 is 19.7 Å². The summed E-state index contributed by atoms with van der Waals surface area (Å²) in [6.07, 6.45) is 0.463. The summed E-state index contributed by atoms with van der Waals surface area (Å²) in [4.78, 5) is 13.7. The number of ether oxygens (including phenoxy) is 2. The topological polar surface area (TPSA) is 84.9 Å². The van der Waals surface area contributed by atoms with Gasteiger partial charge in [0.1, 0.15) is 0 Å². The standard InChI is InChI=1S/C15H22N2O5S/c1-17(15(18)16-12-7-8-23(19,20)10-12)9-11-5-4-6-13(21-2)14(11)22-3/h4-6,12H,7-10H2,1-3H3,(H,16,18). The van der Waals surface area contributed by atoms with Crippen LogP contribution in [0.5, 0.6) is 11.5 Å². The molecular formula is C15H22N2O5S. The second-order valence-corrected chi connectivity index (χ2v) is 7.79. The monoisotopic (exact) mass is 342 g/mol. The summed E-state index contributed by atoms with van der Waals surface area (Å²) < 4.78 is 33.5. The SMILES string of the molecule is COc1cccc(CN(C)C(=O)NC2CCS(=O)(=O)C2)c1OC. The van der Waals surface area contributed by atoms with Gasteiger partial charge >= 0.3 is 6.03 Å². The third-order valence-corrected chi connectivity index (χ3v) is 5.57. The zero-order valence-corrected chi connectivity index (χ0v) is 14.4. The predicted molar refractivity (Wildman–Crippen MR) is 86.6 cm³/mol. The average Bonchev–Trinajstić information content (AvgIpc) is 2.85. The number of methoxy groups -OCH3 is 2. The van der Waals surface area contributed by atoms with Crippen molar-refractivity contribution in [2.45, 2.75) is 19.0 Å². The molecule has 1 heterocycles. The van der Waals surface area contributed by atoms with Gasteiger partial charge in [0.15, 0.2) is 21.3 Å². The fourth-order valence-corrected chi connectivity index (χ4v) is 4.27. The molecule has 1 fully saturated rings. The van der Waals surface area contributed by atoms with Gasteiger partial charge in [0.2, 0.25) is 0 Å². The smallest absolute Gasteiger partial charge is 0.317 e. The minimum absolute atomic E-state index is 0.00899. The third-order valence-electron chi connectivity index (χ3n) is 3.80. The molecular weight excluding hydrogens is 320 g/mol. The fourth-order valence-electron chi connectivity index (χ4n) is 2.60. The fraction of sp³-hybridized carbons (Fsp3) is 0.533.